The molecule has 28 heavy (non-hydrogen) atoms. The van der Waals surface area contributed by atoms with Crippen LogP contribution in [-0.4, -0.2) is 23.3 Å². The number of allylic oxidation sites excluding steroid dienone is 1. The number of hydrogen-bond donors (Lipinski definition) is 2. The molecule has 0 bridgehead atoms. The summed E-state index contributed by atoms with van der Waals surface area (Å²) in [4.78, 5) is 29.1. The Kier molecular flexibility index (Phi) is 6.95. The molecule has 0 spiro atoms. The summed E-state index contributed by atoms with van der Waals surface area (Å²) in [5, 5.41) is 5.83. The van der Waals surface area contributed by atoms with Gasteiger partial charge < -0.3 is 10.6 Å². The van der Waals surface area contributed by atoms with Gasteiger partial charge in [0.15, 0.2) is 0 Å². The van der Waals surface area contributed by atoms with Gasteiger partial charge in [0.25, 0.3) is 11.8 Å². The van der Waals surface area contributed by atoms with Gasteiger partial charge in [0.2, 0.25) is 0 Å². The van der Waals surface area contributed by atoms with Crippen molar-refractivity contribution in [2.45, 2.75) is 45.4 Å². The molecular weight excluding hydrogens is 350 g/mol. The van der Waals surface area contributed by atoms with Gasteiger partial charge in [-0.1, -0.05) is 36.8 Å². The average Bonchev–Trinajstić information content (AvgIpc) is 2.75. The topological polar surface area (TPSA) is 71.1 Å². The number of aromatic nitrogens is 1. The summed E-state index contributed by atoms with van der Waals surface area (Å²) in [5.74, 6) is -0.496. The second-order valence-electron chi connectivity index (χ2n) is 7.01. The molecule has 5 nitrogen and oxygen atoms in total. The summed E-state index contributed by atoms with van der Waals surface area (Å²) in [5.41, 5.74) is 3.93. The minimum Gasteiger partial charge on any atom is -0.352 e. The van der Waals surface area contributed by atoms with E-state index in [0.29, 0.717) is 12.1 Å². The largest absolute Gasteiger partial charge is 0.352 e. The summed E-state index contributed by atoms with van der Waals surface area (Å²) in [7, 11) is 0. The van der Waals surface area contributed by atoms with E-state index in [2.05, 4.69) is 21.7 Å². The van der Waals surface area contributed by atoms with Gasteiger partial charge in [0.1, 0.15) is 5.69 Å². The van der Waals surface area contributed by atoms with Crippen molar-refractivity contribution >= 4 is 17.5 Å². The highest BCUT2D eigenvalue weighted by Crippen LogP contribution is 2.19. The number of benzene rings is 1. The number of aryl methyl sites for hydroxylation is 1. The molecule has 0 saturated heterocycles. The van der Waals surface area contributed by atoms with E-state index in [1.54, 1.807) is 12.1 Å². The second kappa shape index (κ2) is 9.83. The van der Waals surface area contributed by atoms with Crippen LogP contribution in [0, 0.1) is 0 Å². The smallest absolute Gasteiger partial charge is 0.274 e. The molecular formula is C23H27N3O2. The van der Waals surface area contributed by atoms with Crippen molar-refractivity contribution in [3.63, 3.8) is 0 Å². The van der Waals surface area contributed by atoms with Crippen LogP contribution in [0.25, 0.3) is 0 Å². The number of pyridine rings is 1. The van der Waals surface area contributed by atoms with Gasteiger partial charge in [-0.15, -0.1) is 0 Å². The Hall–Kier alpha value is -2.95. The normalized spacial score (nSPS) is 13.5. The van der Waals surface area contributed by atoms with Crippen LogP contribution in [-0.2, 0) is 6.42 Å². The minimum absolute atomic E-state index is 0.179. The maximum absolute atomic E-state index is 12.6. The molecule has 2 N–H and O–H groups in total. The lowest BCUT2D eigenvalue weighted by atomic mass is 9.97. The van der Waals surface area contributed by atoms with Gasteiger partial charge in [-0.25, -0.2) is 0 Å². The maximum Gasteiger partial charge on any atom is 0.274 e. The van der Waals surface area contributed by atoms with E-state index in [0.717, 1.165) is 36.9 Å². The van der Waals surface area contributed by atoms with E-state index in [1.165, 1.54) is 24.6 Å². The fourth-order valence-electron chi connectivity index (χ4n) is 3.40. The van der Waals surface area contributed by atoms with Gasteiger partial charge in [-0.3, -0.25) is 14.6 Å². The van der Waals surface area contributed by atoms with Gasteiger partial charge in [0, 0.05) is 24.0 Å². The highest BCUT2D eigenvalue weighted by Gasteiger charge is 2.13. The van der Waals surface area contributed by atoms with Crippen molar-refractivity contribution in [1.29, 1.82) is 0 Å². The Labute approximate surface area is 166 Å². The molecule has 0 unspecified atom stereocenters. The summed E-state index contributed by atoms with van der Waals surface area (Å²) < 4.78 is 0. The molecule has 0 fully saturated rings. The second-order valence-corrected chi connectivity index (χ2v) is 7.01. The highest BCUT2D eigenvalue weighted by molar-refractivity contribution is 6.05. The third-order valence-corrected chi connectivity index (χ3v) is 5.02. The van der Waals surface area contributed by atoms with Crippen molar-refractivity contribution in [2.24, 2.45) is 0 Å². The van der Waals surface area contributed by atoms with Crippen molar-refractivity contribution < 1.29 is 9.59 Å². The Morgan fingerprint density at radius 2 is 1.96 bits per heavy atom. The van der Waals surface area contributed by atoms with Crippen molar-refractivity contribution in [3.8, 4) is 0 Å². The molecule has 5 heteroatoms. The zero-order chi connectivity index (χ0) is 19.8. The Bertz CT molecular complexity index is 874. The molecule has 1 heterocycles. The quantitative estimate of drug-likeness (QED) is 0.697. The molecule has 1 aliphatic carbocycles. The fourth-order valence-corrected chi connectivity index (χ4v) is 3.40. The van der Waals surface area contributed by atoms with Crippen LogP contribution in [0.2, 0.25) is 0 Å². The number of amides is 2. The number of rotatable bonds is 7. The van der Waals surface area contributed by atoms with Crippen LogP contribution in [0.4, 0.5) is 5.69 Å². The van der Waals surface area contributed by atoms with Crippen LogP contribution < -0.4 is 10.6 Å². The number of para-hydroxylation sites is 1. The molecule has 1 aromatic carbocycles. The molecule has 0 aliphatic heterocycles. The van der Waals surface area contributed by atoms with Crippen LogP contribution in [0.1, 0.15) is 65.4 Å². The predicted molar refractivity (Wildman–Crippen MR) is 112 cm³/mol. The van der Waals surface area contributed by atoms with Crippen molar-refractivity contribution in [3.05, 3.63) is 71.1 Å². The summed E-state index contributed by atoms with van der Waals surface area (Å²) >= 11 is 0. The van der Waals surface area contributed by atoms with Crippen LogP contribution in [0.3, 0.4) is 0 Å². The van der Waals surface area contributed by atoms with Crippen LogP contribution in [0.15, 0.2) is 54.2 Å². The van der Waals surface area contributed by atoms with E-state index in [1.807, 2.05) is 31.2 Å². The first-order valence-corrected chi connectivity index (χ1v) is 9.99. The predicted octanol–water partition coefficient (Wildman–Crippen LogP) is 4.52. The summed E-state index contributed by atoms with van der Waals surface area (Å²) in [6.45, 7) is 2.65. The minimum atomic E-state index is -0.317. The molecule has 1 aliphatic rings. The zero-order valence-electron chi connectivity index (χ0n) is 16.3. The lowest BCUT2D eigenvalue weighted by molar-refractivity contribution is 0.0954. The monoisotopic (exact) mass is 377 g/mol. The van der Waals surface area contributed by atoms with E-state index in [-0.39, 0.29) is 17.5 Å². The SMILES string of the molecule is CCc1ccccc1NC(=O)c1cc(C(=O)NCCC2=CCCCC2)ccn1. The third-order valence-electron chi connectivity index (χ3n) is 5.02. The fraction of sp³-hybridized carbons (Fsp3) is 0.348. The maximum atomic E-state index is 12.6. The molecule has 0 radical (unpaired) electrons. The van der Waals surface area contributed by atoms with Crippen molar-refractivity contribution in [2.75, 3.05) is 11.9 Å². The molecule has 1 aromatic heterocycles. The van der Waals surface area contributed by atoms with E-state index in [4.69, 9.17) is 0 Å². The summed E-state index contributed by atoms with van der Waals surface area (Å²) in [6, 6.07) is 10.8. The zero-order valence-corrected chi connectivity index (χ0v) is 16.3. The Morgan fingerprint density at radius 1 is 1.11 bits per heavy atom. The molecule has 0 atom stereocenters. The number of hydrogen-bond acceptors (Lipinski definition) is 3. The first-order chi connectivity index (χ1) is 13.7. The first-order valence-electron chi connectivity index (χ1n) is 9.99. The lowest BCUT2D eigenvalue weighted by Gasteiger charge is -2.13. The van der Waals surface area contributed by atoms with Gasteiger partial charge in [0.05, 0.1) is 0 Å². The Balaban J connectivity index is 1.60. The van der Waals surface area contributed by atoms with Crippen LogP contribution >= 0.6 is 0 Å². The van der Waals surface area contributed by atoms with Crippen LogP contribution in [0.5, 0.6) is 0 Å². The number of nitrogens with one attached hydrogen (secondary N) is 2. The first kappa shape index (κ1) is 19.8. The standard InChI is InChI=1S/C23H27N3O2/c1-2-18-10-6-7-11-20(18)26-23(28)21-16-19(13-15-24-21)22(27)25-14-12-17-8-4-3-5-9-17/h6-8,10-11,13,15-16H,2-5,9,12,14H2,1H3,(H,25,27)(H,26,28). The number of carbonyl (C=O) groups excluding carboxylic acids is 2. The number of anilines is 1. The summed E-state index contributed by atoms with van der Waals surface area (Å²) in [6.07, 6.45) is 10.3. The highest BCUT2D eigenvalue weighted by atomic mass is 16.2. The Morgan fingerprint density at radius 3 is 2.75 bits per heavy atom. The lowest BCUT2D eigenvalue weighted by Crippen LogP contribution is -2.25. The number of nitrogens with zero attached hydrogens (tertiary/aromatic N) is 1. The molecule has 146 valence electrons. The van der Waals surface area contributed by atoms with Crippen molar-refractivity contribution in [1.82, 2.24) is 10.3 Å². The number of carbonyl (C=O) groups is 2. The van der Waals surface area contributed by atoms with Gasteiger partial charge >= 0.3 is 0 Å². The van der Waals surface area contributed by atoms with E-state index >= 15 is 0 Å². The van der Waals surface area contributed by atoms with E-state index < -0.39 is 0 Å². The molecule has 0 saturated carbocycles. The molecule has 2 aromatic rings. The average molecular weight is 377 g/mol. The third kappa shape index (κ3) is 5.28. The van der Waals surface area contributed by atoms with Gasteiger partial charge in [-0.05, 0) is 62.3 Å². The van der Waals surface area contributed by atoms with E-state index in [9.17, 15) is 9.59 Å². The van der Waals surface area contributed by atoms with Gasteiger partial charge in [-0.2, -0.15) is 0 Å². The molecule has 3 rings (SSSR count). The molecule has 2 amide bonds.